The van der Waals surface area contributed by atoms with Crippen molar-refractivity contribution >= 4 is 11.9 Å². The van der Waals surface area contributed by atoms with Crippen molar-refractivity contribution in [2.75, 3.05) is 32.7 Å². The van der Waals surface area contributed by atoms with Gasteiger partial charge in [-0.3, -0.25) is 4.79 Å². The van der Waals surface area contributed by atoms with E-state index in [1.54, 1.807) is 9.80 Å². The molecule has 1 fully saturated rings. The molecule has 25 heavy (non-hydrogen) atoms. The number of tetrazole rings is 1. The van der Waals surface area contributed by atoms with Crippen LogP contribution < -0.4 is 5.32 Å². The Labute approximate surface area is 145 Å². The molecule has 132 valence electrons. The number of nitrogens with zero attached hydrogens (tertiary/aromatic N) is 6. The molecular formula is C16H21N7O2. The summed E-state index contributed by atoms with van der Waals surface area (Å²) < 4.78 is 0. The first-order chi connectivity index (χ1) is 12.2. The molecule has 2 heterocycles. The van der Waals surface area contributed by atoms with Crippen molar-refractivity contribution in [3.63, 3.8) is 0 Å². The molecule has 1 aromatic heterocycles. The summed E-state index contributed by atoms with van der Waals surface area (Å²) in [5, 5.41) is 15.0. The summed E-state index contributed by atoms with van der Waals surface area (Å²) in [6, 6.07) is 9.41. The van der Waals surface area contributed by atoms with Gasteiger partial charge in [0.2, 0.25) is 11.7 Å². The number of urea groups is 1. The largest absolute Gasteiger partial charge is 0.338 e. The summed E-state index contributed by atoms with van der Waals surface area (Å²) in [6.45, 7) is 4.59. The van der Waals surface area contributed by atoms with Crippen LogP contribution in [0.2, 0.25) is 0 Å². The molecule has 1 aromatic carbocycles. The normalized spacial score (nSPS) is 14.4. The Kier molecular flexibility index (Phi) is 5.22. The van der Waals surface area contributed by atoms with Crippen LogP contribution in [-0.2, 0) is 11.3 Å². The van der Waals surface area contributed by atoms with Gasteiger partial charge in [0.1, 0.15) is 6.54 Å². The van der Waals surface area contributed by atoms with Gasteiger partial charge in [-0.15, -0.1) is 10.2 Å². The van der Waals surface area contributed by atoms with Crippen molar-refractivity contribution in [3.05, 3.63) is 30.3 Å². The topological polar surface area (TPSA) is 96.2 Å². The molecule has 0 bridgehead atoms. The van der Waals surface area contributed by atoms with E-state index in [0.29, 0.717) is 38.5 Å². The van der Waals surface area contributed by atoms with Crippen LogP contribution in [0.1, 0.15) is 6.92 Å². The zero-order valence-electron chi connectivity index (χ0n) is 14.1. The van der Waals surface area contributed by atoms with Crippen molar-refractivity contribution in [2.45, 2.75) is 13.5 Å². The molecule has 9 nitrogen and oxygen atoms in total. The van der Waals surface area contributed by atoms with Crippen molar-refractivity contribution in [1.82, 2.24) is 35.3 Å². The van der Waals surface area contributed by atoms with E-state index >= 15 is 0 Å². The number of carbonyl (C=O) groups excluding carboxylic acids is 2. The number of hydrogen-bond acceptors (Lipinski definition) is 5. The Morgan fingerprint density at radius 2 is 1.76 bits per heavy atom. The zero-order valence-corrected chi connectivity index (χ0v) is 14.1. The second-order valence-electron chi connectivity index (χ2n) is 5.71. The van der Waals surface area contributed by atoms with Crippen molar-refractivity contribution in [1.29, 1.82) is 0 Å². The summed E-state index contributed by atoms with van der Waals surface area (Å²) in [6.07, 6.45) is 0. The van der Waals surface area contributed by atoms with Gasteiger partial charge in [-0.2, -0.15) is 4.80 Å². The lowest BCUT2D eigenvalue weighted by atomic mass is 10.2. The second kappa shape index (κ2) is 7.73. The van der Waals surface area contributed by atoms with E-state index in [1.165, 1.54) is 4.80 Å². The predicted molar refractivity (Wildman–Crippen MR) is 90.5 cm³/mol. The van der Waals surface area contributed by atoms with Crippen LogP contribution in [0.4, 0.5) is 4.79 Å². The standard InChI is InChI=1S/C16H21N7O2/c1-2-17-16(25)22-10-8-21(9-11-22)14(24)12-23-19-15(18-20-23)13-6-4-3-5-7-13/h3-7H,2,8-12H2,1H3,(H,17,25). The molecule has 0 radical (unpaired) electrons. The number of piperazine rings is 1. The van der Waals surface area contributed by atoms with E-state index in [-0.39, 0.29) is 18.5 Å². The van der Waals surface area contributed by atoms with Crippen LogP contribution in [0.25, 0.3) is 11.4 Å². The highest BCUT2D eigenvalue weighted by Crippen LogP contribution is 2.12. The van der Waals surface area contributed by atoms with E-state index in [1.807, 2.05) is 37.3 Å². The summed E-state index contributed by atoms with van der Waals surface area (Å²) in [4.78, 5) is 28.9. The average Bonchev–Trinajstić information content (AvgIpc) is 3.11. The first-order valence-corrected chi connectivity index (χ1v) is 8.31. The van der Waals surface area contributed by atoms with Gasteiger partial charge in [0, 0.05) is 38.3 Å². The lowest BCUT2D eigenvalue weighted by molar-refractivity contribution is -0.133. The van der Waals surface area contributed by atoms with Crippen LogP contribution in [-0.4, -0.2) is 74.7 Å². The summed E-state index contributed by atoms with van der Waals surface area (Å²) in [7, 11) is 0. The number of hydrogen-bond donors (Lipinski definition) is 1. The van der Waals surface area contributed by atoms with Gasteiger partial charge in [0.05, 0.1) is 0 Å². The lowest BCUT2D eigenvalue weighted by Crippen LogP contribution is -2.53. The highest BCUT2D eigenvalue weighted by Gasteiger charge is 2.24. The van der Waals surface area contributed by atoms with Gasteiger partial charge in [-0.25, -0.2) is 4.79 Å². The van der Waals surface area contributed by atoms with Crippen LogP contribution in [0.3, 0.4) is 0 Å². The number of carbonyl (C=O) groups is 2. The Bertz CT molecular complexity index is 723. The number of rotatable bonds is 4. The maximum atomic E-state index is 12.4. The maximum Gasteiger partial charge on any atom is 0.317 e. The number of aromatic nitrogens is 4. The fourth-order valence-corrected chi connectivity index (χ4v) is 2.66. The number of benzene rings is 1. The molecule has 0 aliphatic carbocycles. The minimum Gasteiger partial charge on any atom is -0.338 e. The van der Waals surface area contributed by atoms with E-state index in [2.05, 4.69) is 20.7 Å². The molecule has 3 amide bonds. The van der Waals surface area contributed by atoms with E-state index in [9.17, 15) is 9.59 Å². The second-order valence-corrected chi connectivity index (χ2v) is 5.71. The van der Waals surface area contributed by atoms with Crippen LogP contribution >= 0.6 is 0 Å². The molecule has 1 saturated heterocycles. The molecule has 0 spiro atoms. The van der Waals surface area contributed by atoms with E-state index in [0.717, 1.165) is 5.56 Å². The van der Waals surface area contributed by atoms with Gasteiger partial charge in [-0.05, 0) is 12.1 Å². The van der Waals surface area contributed by atoms with Gasteiger partial charge >= 0.3 is 6.03 Å². The number of amides is 3. The smallest absolute Gasteiger partial charge is 0.317 e. The Balaban J connectivity index is 1.54. The Hall–Kier alpha value is -2.97. The molecule has 1 aliphatic rings. The molecule has 1 N–H and O–H groups in total. The third kappa shape index (κ3) is 4.11. The highest BCUT2D eigenvalue weighted by atomic mass is 16.2. The molecule has 3 rings (SSSR count). The fraction of sp³-hybridized carbons (Fsp3) is 0.438. The fourth-order valence-electron chi connectivity index (χ4n) is 2.66. The molecule has 1 aliphatic heterocycles. The molecule has 0 saturated carbocycles. The van der Waals surface area contributed by atoms with Gasteiger partial charge in [-0.1, -0.05) is 30.3 Å². The summed E-state index contributed by atoms with van der Waals surface area (Å²) in [5.41, 5.74) is 0.858. The van der Waals surface area contributed by atoms with E-state index < -0.39 is 0 Å². The molecule has 0 atom stereocenters. The van der Waals surface area contributed by atoms with Gasteiger partial charge in [0.15, 0.2) is 0 Å². The third-order valence-electron chi connectivity index (χ3n) is 4.01. The van der Waals surface area contributed by atoms with Crippen LogP contribution in [0.15, 0.2) is 30.3 Å². The van der Waals surface area contributed by atoms with Crippen LogP contribution in [0, 0.1) is 0 Å². The Morgan fingerprint density at radius 3 is 2.44 bits per heavy atom. The van der Waals surface area contributed by atoms with Crippen LogP contribution in [0.5, 0.6) is 0 Å². The maximum absolute atomic E-state index is 12.4. The minimum absolute atomic E-state index is 0.0426. The van der Waals surface area contributed by atoms with Gasteiger partial charge < -0.3 is 15.1 Å². The molecular weight excluding hydrogens is 322 g/mol. The third-order valence-corrected chi connectivity index (χ3v) is 4.01. The van der Waals surface area contributed by atoms with Crippen molar-refractivity contribution in [2.24, 2.45) is 0 Å². The quantitative estimate of drug-likeness (QED) is 0.856. The van der Waals surface area contributed by atoms with E-state index in [4.69, 9.17) is 0 Å². The van der Waals surface area contributed by atoms with Gasteiger partial charge in [0.25, 0.3) is 0 Å². The lowest BCUT2D eigenvalue weighted by Gasteiger charge is -2.34. The first-order valence-electron chi connectivity index (χ1n) is 8.31. The average molecular weight is 343 g/mol. The van der Waals surface area contributed by atoms with Crippen molar-refractivity contribution < 1.29 is 9.59 Å². The highest BCUT2D eigenvalue weighted by molar-refractivity contribution is 5.77. The molecule has 0 unspecified atom stereocenters. The predicted octanol–water partition coefficient (Wildman–Crippen LogP) is 0.214. The first kappa shape index (κ1) is 16.9. The number of nitrogens with one attached hydrogen (secondary N) is 1. The summed E-state index contributed by atoms with van der Waals surface area (Å²) >= 11 is 0. The monoisotopic (exact) mass is 343 g/mol. The Morgan fingerprint density at radius 1 is 1.08 bits per heavy atom. The summed E-state index contributed by atoms with van der Waals surface area (Å²) in [5.74, 6) is 0.419. The minimum atomic E-state index is -0.0833. The zero-order chi connectivity index (χ0) is 17.6. The molecule has 9 heteroatoms. The SMILES string of the molecule is CCNC(=O)N1CCN(C(=O)Cn2nnc(-c3ccccc3)n2)CC1. The van der Waals surface area contributed by atoms with Crippen molar-refractivity contribution in [3.8, 4) is 11.4 Å². The molecule has 2 aromatic rings.